The minimum atomic E-state index is -1.04. The Morgan fingerprint density at radius 1 is 1.09 bits per heavy atom. The molecule has 1 saturated heterocycles. The lowest BCUT2D eigenvalue weighted by Gasteiger charge is -2.25. The number of hydrogen-bond donors (Lipinski definition) is 1. The molecular weight excluding hydrogens is 447 g/mol. The highest BCUT2D eigenvalue weighted by Gasteiger charge is 2.49. The Balaban J connectivity index is 2.01. The van der Waals surface area contributed by atoms with Crippen LogP contribution in [0, 0.1) is 19.7 Å². The number of aliphatic hydroxyl groups is 1. The molecule has 2 aromatic carbocycles. The number of rotatable bonds is 5. The SMILES string of the molecule is COc1ccc(OC)c([C@H]2/C(=C(\O)c3ccc(F)cc3)C(=O)C(=O)N2c2nc(C)c(C)s2)c1. The zero-order valence-electron chi connectivity index (χ0n) is 18.4. The fourth-order valence-electron chi connectivity index (χ4n) is 3.70. The van der Waals surface area contributed by atoms with E-state index in [9.17, 15) is 19.1 Å². The average Bonchev–Trinajstić information content (AvgIpc) is 3.28. The number of benzene rings is 2. The van der Waals surface area contributed by atoms with Crippen molar-refractivity contribution < 1.29 is 28.6 Å². The lowest BCUT2D eigenvalue weighted by atomic mass is 9.94. The molecule has 0 radical (unpaired) electrons. The third kappa shape index (κ3) is 3.84. The Hall–Kier alpha value is -3.72. The van der Waals surface area contributed by atoms with E-state index < -0.39 is 29.3 Å². The fourth-order valence-corrected chi connectivity index (χ4v) is 4.64. The number of Topliss-reactive ketones (excluding diaryl/α,β-unsaturated/α-hetero) is 1. The molecule has 170 valence electrons. The zero-order valence-corrected chi connectivity index (χ0v) is 19.2. The second-order valence-corrected chi connectivity index (χ2v) is 8.60. The molecule has 1 fully saturated rings. The number of ether oxygens (including phenoxy) is 2. The topological polar surface area (TPSA) is 89.0 Å². The van der Waals surface area contributed by atoms with Gasteiger partial charge in [-0.05, 0) is 56.3 Å². The average molecular weight is 469 g/mol. The van der Waals surface area contributed by atoms with Gasteiger partial charge in [0.2, 0.25) is 0 Å². The Labute approximate surface area is 193 Å². The van der Waals surface area contributed by atoms with E-state index in [2.05, 4.69) is 4.98 Å². The zero-order chi connectivity index (χ0) is 23.9. The highest BCUT2D eigenvalue weighted by Crippen LogP contribution is 2.46. The number of hydrogen-bond acceptors (Lipinski definition) is 7. The molecule has 9 heteroatoms. The summed E-state index contributed by atoms with van der Waals surface area (Å²) in [5, 5.41) is 11.4. The number of amides is 1. The van der Waals surface area contributed by atoms with Crippen LogP contribution in [0.3, 0.4) is 0 Å². The van der Waals surface area contributed by atoms with Crippen LogP contribution in [0.15, 0.2) is 48.0 Å². The molecule has 4 rings (SSSR count). The van der Waals surface area contributed by atoms with Gasteiger partial charge < -0.3 is 14.6 Å². The summed E-state index contributed by atoms with van der Waals surface area (Å²) in [4.78, 5) is 33.1. The van der Waals surface area contributed by atoms with Crippen LogP contribution >= 0.6 is 11.3 Å². The summed E-state index contributed by atoms with van der Waals surface area (Å²) < 4.78 is 24.3. The molecule has 0 spiro atoms. The molecule has 0 unspecified atom stereocenters. The molecule has 1 N–H and O–H groups in total. The lowest BCUT2D eigenvalue weighted by Crippen LogP contribution is -2.29. The first-order valence-electron chi connectivity index (χ1n) is 9.99. The molecule has 0 aliphatic carbocycles. The van der Waals surface area contributed by atoms with E-state index >= 15 is 0 Å². The number of nitrogens with zero attached hydrogens (tertiary/aromatic N) is 2. The number of halogens is 1. The molecule has 1 amide bonds. The van der Waals surface area contributed by atoms with Gasteiger partial charge in [0.05, 0.1) is 25.5 Å². The molecule has 33 heavy (non-hydrogen) atoms. The van der Waals surface area contributed by atoms with Gasteiger partial charge in [0, 0.05) is 16.0 Å². The number of carbonyl (C=O) groups excluding carboxylic acids is 2. The number of thiazole rings is 1. The van der Waals surface area contributed by atoms with Crippen LogP contribution in [-0.2, 0) is 9.59 Å². The maximum Gasteiger partial charge on any atom is 0.301 e. The highest BCUT2D eigenvalue weighted by molar-refractivity contribution is 7.16. The molecule has 1 aromatic heterocycles. The predicted octanol–water partition coefficient (Wildman–Crippen LogP) is 4.54. The van der Waals surface area contributed by atoms with E-state index in [0.29, 0.717) is 22.2 Å². The molecule has 0 saturated carbocycles. The van der Waals surface area contributed by atoms with Gasteiger partial charge in [-0.15, -0.1) is 11.3 Å². The largest absolute Gasteiger partial charge is 0.507 e. The van der Waals surface area contributed by atoms with Crippen molar-refractivity contribution in [2.45, 2.75) is 19.9 Å². The summed E-state index contributed by atoms with van der Waals surface area (Å²) in [7, 11) is 2.96. The quantitative estimate of drug-likeness (QED) is 0.336. The number of carbonyl (C=O) groups is 2. The van der Waals surface area contributed by atoms with Gasteiger partial charge in [0.1, 0.15) is 29.1 Å². The van der Waals surface area contributed by atoms with Crippen molar-refractivity contribution in [2.24, 2.45) is 0 Å². The number of anilines is 1. The summed E-state index contributed by atoms with van der Waals surface area (Å²) >= 11 is 1.27. The van der Waals surface area contributed by atoms with Crippen molar-refractivity contribution in [3.05, 3.63) is 75.6 Å². The van der Waals surface area contributed by atoms with Gasteiger partial charge in [-0.1, -0.05) is 0 Å². The summed E-state index contributed by atoms with van der Waals surface area (Å²) in [6.07, 6.45) is 0. The third-order valence-electron chi connectivity index (χ3n) is 5.52. The molecule has 3 aromatic rings. The minimum Gasteiger partial charge on any atom is -0.507 e. The Morgan fingerprint density at radius 3 is 2.36 bits per heavy atom. The van der Waals surface area contributed by atoms with E-state index in [0.717, 1.165) is 10.6 Å². The maximum absolute atomic E-state index is 13.4. The summed E-state index contributed by atoms with van der Waals surface area (Å²) in [5.74, 6) is -1.76. The second kappa shape index (κ2) is 8.67. The Bertz CT molecular complexity index is 1260. The van der Waals surface area contributed by atoms with Crippen molar-refractivity contribution in [3.8, 4) is 11.5 Å². The monoisotopic (exact) mass is 468 g/mol. The number of aliphatic hydroxyl groups excluding tert-OH is 1. The number of methoxy groups -OCH3 is 2. The van der Waals surface area contributed by atoms with E-state index in [1.165, 1.54) is 54.7 Å². The highest BCUT2D eigenvalue weighted by atomic mass is 32.1. The first kappa shape index (κ1) is 22.5. The maximum atomic E-state index is 13.4. The van der Waals surface area contributed by atoms with Crippen LogP contribution in [0.25, 0.3) is 5.76 Å². The smallest absolute Gasteiger partial charge is 0.301 e. The van der Waals surface area contributed by atoms with E-state index in [1.807, 2.05) is 13.8 Å². The fraction of sp³-hybridized carbons (Fsp3) is 0.208. The third-order valence-corrected chi connectivity index (χ3v) is 6.59. The van der Waals surface area contributed by atoms with Crippen molar-refractivity contribution in [1.82, 2.24) is 4.98 Å². The number of ketones is 1. The van der Waals surface area contributed by atoms with Gasteiger partial charge in [-0.3, -0.25) is 14.5 Å². The molecule has 1 atom stereocenters. The van der Waals surface area contributed by atoms with Crippen molar-refractivity contribution in [2.75, 3.05) is 19.1 Å². The summed E-state index contributed by atoms with van der Waals surface area (Å²) in [6.45, 7) is 3.68. The molecule has 1 aliphatic heterocycles. The van der Waals surface area contributed by atoms with E-state index in [1.54, 1.807) is 18.2 Å². The second-order valence-electron chi connectivity index (χ2n) is 7.42. The Kier molecular flexibility index (Phi) is 5.90. The lowest BCUT2D eigenvalue weighted by molar-refractivity contribution is -0.132. The van der Waals surface area contributed by atoms with Crippen molar-refractivity contribution in [1.29, 1.82) is 0 Å². The van der Waals surface area contributed by atoms with Crippen molar-refractivity contribution in [3.63, 3.8) is 0 Å². The van der Waals surface area contributed by atoms with Crippen LogP contribution < -0.4 is 14.4 Å². The Morgan fingerprint density at radius 2 is 1.79 bits per heavy atom. The minimum absolute atomic E-state index is 0.149. The first-order valence-corrected chi connectivity index (χ1v) is 10.8. The molecular formula is C24H21FN2O5S. The number of aromatic nitrogens is 1. The summed E-state index contributed by atoms with van der Waals surface area (Å²) in [5.41, 5.74) is 1.22. The van der Waals surface area contributed by atoms with Crippen LogP contribution in [-0.4, -0.2) is 36.0 Å². The van der Waals surface area contributed by atoms with Crippen LogP contribution in [0.2, 0.25) is 0 Å². The van der Waals surface area contributed by atoms with Crippen LogP contribution in [0.5, 0.6) is 11.5 Å². The van der Waals surface area contributed by atoms with Crippen LogP contribution in [0.4, 0.5) is 9.52 Å². The molecule has 7 nitrogen and oxygen atoms in total. The van der Waals surface area contributed by atoms with Gasteiger partial charge in [-0.25, -0.2) is 9.37 Å². The van der Waals surface area contributed by atoms with E-state index in [-0.39, 0.29) is 11.1 Å². The van der Waals surface area contributed by atoms with Crippen molar-refractivity contribution >= 4 is 33.9 Å². The standard InChI is InChI=1S/C24H21FN2O5S/c1-12-13(2)33-24(26-12)27-20(17-11-16(31-3)9-10-18(17)32-4)19(22(29)23(27)30)21(28)14-5-7-15(25)8-6-14/h5-11,20,28H,1-4H3/b21-19+/t20-/m0/s1. The van der Waals surface area contributed by atoms with E-state index in [4.69, 9.17) is 9.47 Å². The predicted molar refractivity (Wildman–Crippen MR) is 122 cm³/mol. The summed E-state index contributed by atoms with van der Waals surface area (Å²) in [6, 6.07) is 8.97. The molecule has 2 heterocycles. The van der Waals surface area contributed by atoms with Gasteiger partial charge >= 0.3 is 5.91 Å². The number of aryl methyl sites for hydroxylation is 2. The van der Waals surface area contributed by atoms with Crippen LogP contribution in [0.1, 0.15) is 27.7 Å². The first-order chi connectivity index (χ1) is 15.8. The normalized spacial score (nSPS) is 17.5. The molecule has 0 bridgehead atoms. The van der Waals surface area contributed by atoms with Gasteiger partial charge in [0.25, 0.3) is 5.78 Å². The molecule has 1 aliphatic rings. The van der Waals surface area contributed by atoms with Gasteiger partial charge in [-0.2, -0.15) is 0 Å². The van der Waals surface area contributed by atoms with Gasteiger partial charge in [0.15, 0.2) is 5.13 Å².